The van der Waals surface area contributed by atoms with Crippen LogP contribution in [0.4, 0.5) is 17.6 Å². The number of alkyl halides is 3. The van der Waals surface area contributed by atoms with Gasteiger partial charge in [0.15, 0.2) is 0 Å². The number of halogens is 4. The third-order valence-corrected chi connectivity index (χ3v) is 5.61. The number of aromatic nitrogens is 1. The summed E-state index contributed by atoms with van der Waals surface area (Å²) in [6.07, 6.45) is -3.16. The Morgan fingerprint density at radius 2 is 1.81 bits per heavy atom. The van der Waals surface area contributed by atoms with E-state index >= 15 is 0 Å². The minimum absolute atomic E-state index is 0.210. The number of nitrogens with two attached hydrogens (primary N) is 1. The van der Waals surface area contributed by atoms with Gasteiger partial charge in [0.05, 0.1) is 5.56 Å². The number of pyridine rings is 1. The monoisotopic (exact) mass is 405 g/mol. The summed E-state index contributed by atoms with van der Waals surface area (Å²) in [5.41, 5.74) is 4.35. The third kappa shape index (κ3) is 4.42. The Bertz CT molecular complexity index is 931. The summed E-state index contributed by atoms with van der Waals surface area (Å²) in [6.45, 7) is 0.690. The van der Waals surface area contributed by atoms with Crippen LogP contribution >= 0.6 is 0 Å². The second kappa shape index (κ2) is 7.61. The van der Waals surface area contributed by atoms with Gasteiger partial charge in [0.1, 0.15) is 16.8 Å². The number of carbonyl (C=O) groups excluding carboxylic acids is 1. The van der Waals surface area contributed by atoms with Gasteiger partial charge in [0.2, 0.25) is 15.9 Å². The molecule has 0 radical (unpaired) electrons. The van der Waals surface area contributed by atoms with E-state index in [0.29, 0.717) is 0 Å². The lowest BCUT2D eigenvalue weighted by atomic mass is 10.1. The topological polar surface area (TPSA) is 93.4 Å². The van der Waals surface area contributed by atoms with Gasteiger partial charge in [-0.1, -0.05) is 19.1 Å². The van der Waals surface area contributed by atoms with E-state index in [1.807, 2.05) is 0 Å². The van der Waals surface area contributed by atoms with Gasteiger partial charge in [-0.3, -0.25) is 9.78 Å². The van der Waals surface area contributed by atoms with Gasteiger partial charge in [-0.2, -0.15) is 17.5 Å². The first-order valence-electron chi connectivity index (χ1n) is 7.57. The summed E-state index contributed by atoms with van der Waals surface area (Å²) in [4.78, 5) is 14.2. The zero-order valence-electron chi connectivity index (χ0n) is 13.9. The number of nitrogens with zero attached hydrogens (tertiary/aromatic N) is 2. The van der Waals surface area contributed by atoms with Crippen LogP contribution in [0.2, 0.25) is 0 Å². The number of hydrogen-bond donors (Lipinski definition) is 1. The largest absolute Gasteiger partial charge is 0.409 e. The Kier molecular flexibility index (Phi) is 5.85. The van der Waals surface area contributed by atoms with E-state index in [2.05, 4.69) is 4.98 Å². The number of carbonyl (C=O) groups is 1. The number of sulfonamides is 1. The highest BCUT2D eigenvalue weighted by molar-refractivity contribution is 7.89. The van der Waals surface area contributed by atoms with Gasteiger partial charge >= 0.3 is 6.18 Å². The average molecular weight is 405 g/mol. The molecule has 0 fully saturated rings. The molecule has 0 bridgehead atoms. The van der Waals surface area contributed by atoms with Gasteiger partial charge < -0.3 is 5.73 Å². The quantitative estimate of drug-likeness (QED) is 0.748. The molecule has 0 unspecified atom stereocenters. The minimum atomic E-state index is -4.98. The van der Waals surface area contributed by atoms with Crippen molar-refractivity contribution in [2.45, 2.75) is 24.0 Å². The molecule has 0 aliphatic heterocycles. The van der Waals surface area contributed by atoms with Crippen molar-refractivity contribution in [2.24, 2.45) is 5.73 Å². The van der Waals surface area contributed by atoms with Gasteiger partial charge in [0, 0.05) is 18.9 Å². The van der Waals surface area contributed by atoms with E-state index in [1.165, 1.54) is 6.92 Å². The van der Waals surface area contributed by atoms with Gasteiger partial charge in [-0.15, -0.1) is 0 Å². The molecule has 1 atom stereocenters. The van der Waals surface area contributed by atoms with Gasteiger partial charge in [0.25, 0.3) is 0 Å². The molecule has 1 aromatic heterocycles. The molecule has 1 amide bonds. The Labute approximate surface area is 152 Å². The summed E-state index contributed by atoms with van der Waals surface area (Å²) in [5, 5.41) is 0. The Balaban J connectivity index is 2.60. The zero-order valence-corrected chi connectivity index (χ0v) is 14.8. The van der Waals surface area contributed by atoms with Crippen molar-refractivity contribution in [1.82, 2.24) is 9.29 Å². The maximum absolute atomic E-state index is 13.7. The van der Waals surface area contributed by atoms with Crippen LogP contribution in [0.5, 0.6) is 0 Å². The summed E-state index contributed by atoms with van der Waals surface area (Å²) < 4.78 is 80.1. The zero-order chi connectivity index (χ0) is 20.4. The molecule has 0 saturated heterocycles. The lowest BCUT2D eigenvalue weighted by molar-refractivity contribution is -0.173. The van der Waals surface area contributed by atoms with Crippen LogP contribution in [0.25, 0.3) is 0 Å². The highest BCUT2D eigenvalue weighted by atomic mass is 32.2. The molecule has 2 aromatic rings. The first-order valence-corrected chi connectivity index (χ1v) is 9.01. The van der Waals surface area contributed by atoms with E-state index in [1.54, 1.807) is 0 Å². The van der Waals surface area contributed by atoms with Crippen LogP contribution in [0.15, 0.2) is 47.6 Å². The average Bonchev–Trinajstić information content (AvgIpc) is 2.59. The molecule has 0 spiro atoms. The predicted octanol–water partition coefficient (Wildman–Crippen LogP) is 2.63. The SMILES string of the molecule is CCN([C@H](c1ccc(F)cc1)C(F)(F)F)S(=O)(=O)c1cncc(C(N)=O)c1. The molecule has 1 aromatic carbocycles. The summed E-state index contributed by atoms with van der Waals surface area (Å²) in [7, 11) is -4.70. The van der Waals surface area contributed by atoms with E-state index in [9.17, 15) is 30.8 Å². The van der Waals surface area contributed by atoms with Crippen LogP contribution in [0.1, 0.15) is 28.9 Å². The van der Waals surface area contributed by atoms with E-state index in [4.69, 9.17) is 5.73 Å². The summed E-state index contributed by atoms with van der Waals surface area (Å²) >= 11 is 0. The smallest absolute Gasteiger partial charge is 0.366 e. The Morgan fingerprint density at radius 3 is 2.30 bits per heavy atom. The Hall–Kier alpha value is -2.53. The second-order valence-corrected chi connectivity index (χ2v) is 7.37. The highest BCUT2D eigenvalue weighted by Gasteiger charge is 2.48. The fraction of sp³-hybridized carbons (Fsp3) is 0.250. The lowest BCUT2D eigenvalue weighted by Crippen LogP contribution is -2.42. The second-order valence-electron chi connectivity index (χ2n) is 5.48. The van der Waals surface area contributed by atoms with Gasteiger partial charge in [-0.05, 0) is 23.8 Å². The van der Waals surface area contributed by atoms with E-state index in [0.717, 1.165) is 42.7 Å². The van der Waals surface area contributed by atoms with E-state index in [-0.39, 0.29) is 9.87 Å². The highest BCUT2D eigenvalue weighted by Crippen LogP contribution is 2.40. The molecule has 0 aliphatic rings. The molecule has 2 N–H and O–H groups in total. The maximum Gasteiger partial charge on any atom is 0.409 e. The molecule has 11 heteroatoms. The molecule has 0 aliphatic carbocycles. The van der Waals surface area contributed by atoms with Crippen molar-refractivity contribution < 1.29 is 30.8 Å². The number of hydrogen-bond acceptors (Lipinski definition) is 4. The number of rotatable bonds is 6. The van der Waals surface area contributed by atoms with Crippen molar-refractivity contribution in [3.05, 3.63) is 59.7 Å². The third-order valence-electron chi connectivity index (χ3n) is 3.70. The predicted molar refractivity (Wildman–Crippen MR) is 87.5 cm³/mol. The molecule has 146 valence electrons. The van der Waals surface area contributed by atoms with Crippen LogP contribution < -0.4 is 5.73 Å². The number of benzene rings is 1. The fourth-order valence-corrected chi connectivity index (χ4v) is 4.08. The first-order chi connectivity index (χ1) is 12.5. The first kappa shape index (κ1) is 20.8. The Morgan fingerprint density at radius 1 is 1.22 bits per heavy atom. The minimum Gasteiger partial charge on any atom is -0.366 e. The van der Waals surface area contributed by atoms with Crippen LogP contribution in [-0.4, -0.2) is 36.3 Å². The van der Waals surface area contributed by atoms with Crippen LogP contribution in [-0.2, 0) is 10.0 Å². The van der Waals surface area contributed by atoms with E-state index < -0.39 is 51.0 Å². The molecular weight excluding hydrogens is 390 g/mol. The normalized spacial score (nSPS) is 13.6. The summed E-state index contributed by atoms with van der Waals surface area (Å²) in [6, 6.07) is 1.65. The van der Waals surface area contributed by atoms with Crippen molar-refractivity contribution in [2.75, 3.05) is 6.54 Å². The molecule has 6 nitrogen and oxygen atoms in total. The standard InChI is InChI=1S/C16H15F4N3O3S/c1-2-23(14(16(18,19)20)10-3-5-12(17)6-4-10)27(25,26)13-7-11(15(21)24)8-22-9-13/h3-9,14H,2H2,1H3,(H2,21,24)/t14-/m1/s1. The number of amides is 1. The van der Waals surface area contributed by atoms with Gasteiger partial charge in [-0.25, -0.2) is 12.8 Å². The lowest BCUT2D eigenvalue weighted by Gasteiger charge is -2.31. The van der Waals surface area contributed by atoms with Crippen LogP contribution in [0.3, 0.4) is 0 Å². The van der Waals surface area contributed by atoms with Crippen molar-refractivity contribution in [3.8, 4) is 0 Å². The van der Waals surface area contributed by atoms with Crippen molar-refractivity contribution >= 4 is 15.9 Å². The van der Waals surface area contributed by atoms with Crippen LogP contribution in [0, 0.1) is 5.82 Å². The van der Waals surface area contributed by atoms with Crippen molar-refractivity contribution in [3.63, 3.8) is 0 Å². The summed E-state index contributed by atoms with van der Waals surface area (Å²) in [5.74, 6) is -1.74. The van der Waals surface area contributed by atoms with Crippen molar-refractivity contribution in [1.29, 1.82) is 0 Å². The molecule has 0 saturated carbocycles. The molecule has 27 heavy (non-hydrogen) atoms. The molecular formula is C16H15F4N3O3S. The maximum atomic E-state index is 13.7. The fourth-order valence-electron chi connectivity index (χ4n) is 2.48. The number of primary amides is 1. The molecule has 1 heterocycles. The molecule has 2 rings (SSSR count).